The second-order valence-electron chi connectivity index (χ2n) is 5.29. The van der Waals surface area contributed by atoms with Crippen LogP contribution in [0.2, 0.25) is 0 Å². The molecule has 3 nitrogen and oxygen atoms in total. The van der Waals surface area contributed by atoms with Crippen LogP contribution in [0.1, 0.15) is 18.9 Å². The summed E-state index contributed by atoms with van der Waals surface area (Å²) < 4.78 is 5.71. The molecule has 1 aliphatic heterocycles. The van der Waals surface area contributed by atoms with Crippen molar-refractivity contribution in [3.63, 3.8) is 0 Å². The van der Waals surface area contributed by atoms with E-state index in [4.69, 9.17) is 4.74 Å². The van der Waals surface area contributed by atoms with Crippen LogP contribution in [-0.2, 0) is 9.53 Å². The summed E-state index contributed by atoms with van der Waals surface area (Å²) in [6.45, 7) is 5.85. The van der Waals surface area contributed by atoms with Gasteiger partial charge >= 0.3 is 0 Å². The number of rotatable bonds is 5. The van der Waals surface area contributed by atoms with Crippen molar-refractivity contribution in [2.24, 2.45) is 4.99 Å². The fourth-order valence-electron chi connectivity index (χ4n) is 2.40. The average Bonchev–Trinajstić information content (AvgIpc) is 3.01. The molecule has 110 valence electrons. The van der Waals surface area contributed by atoms with E-state index in [1.54, 1.807) is 0 Å². The van der Waals surface area contributed by atoms with Gasteiger partial charge in [0.25, 0.3) is 0 Å². The zero-order valence-electron chi connectivity index (χ0n) is 12.5. The first-order valence-corrected chi connectivity index (χ1v) is 7.22. The highest BCUT2D eigenvalue weighted by Gasteiger charge is 2.13. The van der Waals surface area contributed by atoms with Crippen LogP contribution in [0.3, 0.4) is 0 Å². The van der Waals surface area contributed by atoms with Crippen molar-refractivity contribution in [2.45, 2.75) is 13.3 Å². The maximum Gasteiger partial charge on any atom is 0.174 e. The molecule has 0 saturated carbocycles. The van der Waals surface area contributed by atoms with Crippen molar-refractivity contribution in [3.05, 3.63) is 66.4 Å². The number of benzene rings is 2. The Bertz CT molecular complexity index is 815. The Balaban J connectivity index is 1.68. The maximum atomic E-state index is 11.3. The van der Waals surface area contributed by atoms with Crippen LogP contribution in [0.15, 0.2) is 65.8 Å². The molecular weight excluding hydrogens is 274 g/mol. The molecule has 0 amide bonds. The number of nitrogens with zero attached hydrogens (tertiary/aromatic N) is 1. The van der Waals surface area contributed by atoms with Gasteiger partial charge in [0.05, 0.1) is 11.4 Å². The number of carbonyl (C=O) groups is 1. The van der Waals surface area contributed by atoms with Crippen LogP contribution in [0.5, 0.6) is 0 Å². The molecule has 3 heteroatoms. The van der Waals surface area contributed by atoms with Crippen LogP contribution in [0.4, 0.5) is 0 Å². The molecule has 0 aliphatic carbocycles. The van der Waals surface area contributed by atoms with Gasteiger partial charge in [0.15, 0.2) is 5.78 Å². The summed E-state index contributed by atoms with van der Waals surface area (Å²) >= 11 is 0. The van der Waals surface area contributed by atoms with E-state index >= 15 is 0 Å². The van der Waals surface area contributed by atoms with E-state index in [-0.39, 0.29) is 5.78 Å². The van der Waals surface area contributed by atoms with E-state index in [1.807, 2.05) is 24.3 Å². The first-order valence-electron chi connectivity index (χ1n) is 7.22. The van der Waals surface area contributed by atoms with Gasteiger partial charge in [-0.3, -0.25) is 9.79 Å². The second kappa shape index (κ2) is 5.98. The molecule has 0 radical (unpaired) electrons. The molecule has 0 bridgehead atoms. The van der Waals surface area contributed by atoms with Gasteiger partial charge in [0, 0.05) is 18.9 Å². The third kappa shape index (κ3) is 2.98. The number of allylic oxidation sites excluding steroid dienone is 1. The van der Waals surface area contributed by atoms with E-state index in [2.05, 4.69) is 35.8 Å². The number of carbonyl (C=O) groups excluding carboxylic acids is 1. The van der Waals surface area contributed by atoms with Crippen molar-refractivity contribution in [1.82, 2.24) is 0 Å². The topological polar surface area (TPSA) is 38.7 Å². The van der Waals surface area contributed by atoms with E-state index in [9.17, 15) is 4.79 Å². The fraction of sp³-hybridized carbons (Fsp3) is 0.158. The summed E-state index contributed by atoms with van der Waals surface area (Å²) in [5, 5.41) is 2.34. The predicted molar refractivity (Wildman–Crippen MR) is 89.8 cm³/mol. The minimum absolute atomic E-state index is 0.0135. The van der Waals surface area contributed by atoms with Crippen molar-refractivity contribution < 1.29 is 9.53 Å². The molecule has 0 aromatic heterocycles. The van der Waals surface area contributed by atoms with Gasteiger partial charge in [0.1, 0.15) is 12.4 Å². The number of Topliss-reactive ketones (excluding diaryl/α,β-unsaturated/α-hetero) is 1. The Kier molecular flexibility index (Phi) is 3.88. The van der Waals surface area contributed by atoms with Gasteiger partial charge in [-0.05, 0) is 16.8 Å². The summed E-state index contributed by atoms with van der Waals surface area (Å²) in [7, 11) is 0. The lowest BCUT2D eigenvalue weighted by Gasteiger charge is -2.09. The first-order chi connectivity index (χ1) is 10.6. The predicted octanol–water partition coefficient (Wildman–Crippen LogP) is 4.14. The van der Waals surface area contributed by atoms with Gasteiger partial charge in [-0.25, -0.2) is 0 Å². The molecule has 2 aromatic rings. The molecular formula is C19H17NO2. The highest BCUT2D eigenvalue weighted by atomic mass is 16.5. The standard InChI is InChI=1S/C19H17NO2/c1-13(21)19-10-9-18(20-19)12-22-14(2)16-8-7-15-5-3-4-6-17(15)11-16/h3-9,11H,2,10,12H2,1H3. The summed E-state index contributed by atoms with van der Waals surface area (Å²) in [6.07, 6.45) is 2.51. The molecule has 22 heavy (non-hydrogen) atoms. The van der Waals surface area contributed by atoms with E-state index < -0.39 is 0 Å². The lowest BCUT2D eigenvalue weighted by Crippen LogP contribution is -2.05. The summed E-state index contributed by atoms with van der Waals surface area (Å²) in [5.74, 6) is 0.623. The third-order valence-electron chi connectivity index (χ3n) is 3.68. The number of fused-ring (bicyclic) bond motifs is 1. The molecule has 0 N–H and O–H groups in total. The van der Waals surface area contributed by atoms with Crippen molar-refractivity contribution in [2.75, 3.05) is 6.61 Å². The lowest BCUT2D eigenvalue weighted by atomic mass is 10.1. The average molecular weight is 291 g/mol. The zero-order chi connectivity index (χ0) is 15.5. The van der Waals surface area contributed by atoms with Crippen molar-refractivity contribution in [1.29, 1.82) is 0 Å². The van der Waals surface area contributed by atoms with Crippen LogP contribution in [0, 0.1) is 0 Å². The number of hydrogen-bond acceptors (Lipinski definition) is 3. The maximum absolute atomic E-state index is 11.3. The summed E-state index contributed by atoms with van der Waals surface area (Å²) in [5.41, 5.74) is 2.33. The Hall–Kier alpha value is -2.68. The normalized spacial score (nSPS) is 13.7. The molecule has 3 rings (SSSR count). The Morgan fingerprint density at radius 3 is 2.73 bits per heavy atom. The quantitative estimate of drug-likeness (QED) is 0.776. The highest BCUT2D eigenvalue weighted by molar-refractivity contribution is 6.40. The van der Waals surface area contributed by atoms with E-state index in [0.29, 0.717) is 24.5 Å². The minimum atomic E-state index is 0.0135. The van der Waals surface area contributed by atoms with E-state index in [1.165, 1.54) is 12.3 Å². The highest BCUT2D eigenvalue weighted by Crippen LogP contribution is 2.22. The Labute approximate surface area is 129 Å². The van der Waals surface area contributed by atoms with Gasteiger partial charge in [0.2, 0.25) is 0 Å². The number of ether oxygens (including phenoxy) is 1. The largest absolute Gasteiger partial charge is 0.487 e. The summed E-state index contributed by atoms with van der Waals surface area (Å²) in [6, 6.07) is 14.3. The lowest BCUT2D eigenvalue weighted by molar-refractivity contribution is -0.111. The number of ketones is 1. The van der Waals surface area contributed by atoms with Gasteiger partial charge in [-0.2, -0.15) is 0 Å². The Morgan fingerprint density at radius 1 is 1.23 bits per heavy atom. The monoisotopic (exact) mass is 291 g/mol. The molecule has 1 aliphatic rings. The zero-order valence-corrected chi connectivity index (χ0v) is 12.5. The van der Waals surface area contributed by atoms with Gasteiger partial charge in [-0.15, -0.1) is 0 Å². The molecule has 1 heterocycles. The molecule has 0 atom stereocenters. The van der Waals surface area contributed by atoms with Crippen LogP contribution < -0.4 is 0 Å². The summed E-state index contributed by atoms with van der Waals surface area (Å²) in [4.78, 5) is 15.5. The fourth-order valence-corrected chi connectivity index (χ4v) is 2.40. The van der Waals surface area contributed by atoms with Crippen LogP contribution in [0.25, 0.3) is 16.5 Å². The number of hydrogen-bond donors (Lipinski definition) is 0. The second-order valence-corrected chi connectivity index (χ2v) is 5.29. The Morgan fingerprint density at radius 2 is 2.00 bits per heavy atom. The van der Waals surface area contributed by atoms with Gasteiger partial charge in [-0.1, -0.05) is 49.1 Å². The smallest absolute Gasteiger partial charge is 0.174 e. The molecule has 0 unspecified atom stereocenters. The number of aliphatic imine (C=N–C) groups is 1. The van der Waals surface area contributed by atoms with E-state index in [0.717, 1.165) is 16.6 Å². The van der Waals surface area contributed by atoms with Crippen LogP contribution in [-0.4, -0.2) is 18.1 Å². The molecule has 0 spiro atoms. The van der Waals surface area contributed by atoms with Crippen molar-refractivity contribution in [3.8, 4) is 0 Å². The van der Waals surface area contributed by atoms with Gasteiger partial charge < -0.3 is 4.74 Å². The molecule has 0 saturated heterocycles. The van der Waals surface area contributed by atoms with Crippen LogP contribution >= 0.6 is 0 Å². The third-order valence-corrected chi connectivity index (χ3v) is 3.68. The molecule has 2 aromatic carbocycles. The van der Waals surface area contributed by atoms with Crippen molar-refractivity contribution >= 4 is 28.0 Å². The molecule has 0 fully saturated rings. The first kappa shape index (κ1) is 14.3. The minimum Gasteiger partial charge on any atom is -0.487 e. The SMILES string of the molecule is C=C(OCC1=CCC(C(C)=O)=N1)c1ccc2ccccc2c1.